The molecular formula is C30H22Cl3N3O3. The maximum Gasteiger partial charge on any atom is 0.238 e. The van der Waals surface area contributed by atoms with Crippen molar-refractivity contribution >= 4 is 58.0 Å². The minimum Gasteiger partial charge on any atom is -0.457 e. The standard InChI is InChI=1S/C30H22Cl3N3O3/c31-17-3-1-2-16(12-17)24-15-27(37)36-28(30(24)23-10-4-19(33)14-25(23)35-29(30)38)22-13-18(32)5-11-26(22)39-21-8-6-20(34)7-9-21/h1-14,24,28H,15,34H2,(H,35,38)(H,36,37)/t24-,28+,30?/m0/s1. The molecule has 1 spiro atoms. The van der Waals surface area contributed by atoms with Gasteiger partial charge in [-0.1, -0.05) is 53.0 Å². The summed E-state index contributed by atoms with van der Waals surface area (Å²) in [6.45, 7) is 0. The number of benzene rings is 4. The van der Waals surface area contributed by atoms with Gasteiger partial charge in [-0.05, 0) is 77.9 Å². The third kappa shape index (κ3) is 4.39. The van der Waals surface area contributed by atoms with Crippen LogP contribution >= 0.6 is 34.8 Å². The van der Waals surface area contributed by atoms with E-state index in [0.717, 1.165) is 5.56 Å². The zero-order valence-electron chi connectivity index (χ0n) is 20.4. The molecule has 0 aromatic heterocycles. The van der Waals surface area contributed by atoms with Crippen molar-refractivity contribution in [2.45, 2.75) is 23.8 Å². The monoisotopic (exact) mass is 577 g/mol. The first-order valence-electron chi connectivity index (χ1n) is 12.2. The molecule has 2 amide bonds. The van der Waals surface area contributed by atoms with Crippen LogP contribution in [0.4, 0.5) is 11.4 Å². The molecule has 4 aromatic rings. The summed E-state index contributed by atoms with van der Waals surface area (Å²) in [5, 5.41) is 7.55. The van der Waals surface area contributed by atoms with E-state index in [0.29, 0.717) is 49.1 Å². The lowest BCUT2D eigenvalue weighted by atomic mass is 9.59. The molecule has 6 rings (SSSR count). The van der Waals surface area contributed by atoms with Gasteiger partial charge in [0, 0.05) is 44.3 Å². The molecule has 1 unspecified atom stereocenters. The average Bonchev–Trinajstić information content (AvgIpc) is 3.18. The van der Waals surface area contributed by atoms with E-state index in [1.807, 2.05) is 18.2 Å². The topological polar surface area (TPSA) is 93.4 Å². The predicted molar refractivity (Wildman–Crippen MR) is 154 cm³/mol. The molecule has 2 aliphatic heterocycles. The second-order valence-electron chi connectivity index (χ2n) is 9.68. The quantitative estimate of drug-likeness (QED) is 0.222. The number of anilines is 2. The van der Waals surface area contributed by atoms with Gasteiger partial charge in [0.15, 0.2) is 0 Å². The summed E-state index contributed by atoms with van der Waals surface area (Å²) in [6.07, 6.45) is 0.0705. The van der Waals surface area contributed by atoms with Crippen LogP contribution in [0.2, 0.25) is 15.1 Å². The van der Waals surface area contributed by atoms with Crippen molar-refractivity contribution in [3.05, 3.63) is 117 Å². The van der Waals surface area contributed by atoms with Gasteiger partial charge >= 0.3 is 0 Å². The Morgan fingerprint density at radius 3 is 2.33 bits per heavy atom. The number of nitrogens with one attached hydrogen (secondary N) is 2. The second kappa shape index (κ2) is 9.79. The first-order chi connectivity index (χ1) is 18.8. The first-order valence-corrected chi connectivity index (χ1v) is 13.4. The van der Waals surface area contributed by atoms with Crippen molar-refractivity contribution in [2.75, 3.05) is 11.1 Å². The molecule has 2 aliphatic rings. The summed E-state index contributed by atoms with van der Waals surface area (Å²) in [5.41, 5.74) is 7.80. The van der Waals surface area contributed by atoms with E-state index in [1.54, 1.807) is 66.7 Å². The normalized spacial score (nSPS) is 21.8. The molecule has 0 bridgehead atoms. The van der Waals surface area contributed by atoms with Crippen LogP contribution in [0.15, 0.2) is 84.9 Å². The predicted octanol–water partition coefficient (Wildman–Crippen LogP) is 7.26. The number of amides is 2. The Bertz CT molecular complexity index is 1630. The van der Waals surface area contributed by atoms with Crippen molar-refractivity contribution in [2.24, 2.45) is 0 Å². The van der Waals surface area contributed by atoms with Gasteiger partial charge in [0.05, 0.1) is 6.04 Å². The largest absolute Gasteiger partial charge is 0.457 e. The molecule has 1 fully saturated rings. The van der Waals surface area contributed by atoms with Crippen molar-refractivity contribution in [1.82, 2.24) is 5.32 Å². The Kier molecular flexibility index (Phi) is 6.42. The number of nitrogen functional groups attached to an aromatic ring is 1. The highest BCUT2D eigenvalue weighted by Crippen LogP contribution is 2.58. The van der Waals surface area contributed by atoms with Gasteiger partial charge in [-0.15, -0.1) is 0 Å². The highest BCUT2D eigenvalue weighted by atomic mass is 35.5. The van der Waals surface area contributed by atoms with Gasteiger partial charge in [-0.25, -0.2) is 0 Å². The second-order valence-corrected chi connectivity index (χ2v) is 11.0. The minimum absolute atomic E-state index is 0.0705. The van der Waals surface area contributed by atoms with Gasteiger partial charge in [0.1, 0.15) is 16.9 Å². The molecule has 3 atom stereocenters. The summed E-state index contributed by atoms with van der Waals surface area (Å²) >= 11 is 19.2. The maximum absolute atomic E-state index is 14.2. The van der Waals surface area contributed by atoms with Gasteiger partial charge in [0.25, 0.3) is 0 Å². The van der Waals surface area contributed by atoms with Crippen LogP contribution < -0.4 is 21.1 Å². The van der Waals surface area contributed by atoms with Crippen molar-refractivity contribution in [1.29, 1.82) is 0 Å². The average molecular weight is 579 g/mol. The summed E-state index contributed by atoms with van der Waals surface area (Å²) in [7, 11) is 0. The Hall–Kier alpha value is -3.71. The maximum atomic E-state index is 14.2. The van der Waals surface area contributed by atoms with Crippen LogP contribution in [0, 0.1) is 0 Å². The van der Waals surface area contributed by atoms with Crippen LogP contribution in [0.5, 0.6) is 11.5 Å². The fourth-order valence-electron chi connectivity index (χ4n) is 5.77. The highest BCUT2D eigenvalue weighted by Gasteiger charge is 2.61. The van der Waals surface area contributed by atoms with Crippen LogP contribution in [-0.4, -0.2) is 11.8 Å². The molecule has 2 heterocycles. The van der Waals surface area contributed by atoms with Crippen molar-refractivity contribution in [3.8, 4) is 11.5 Å². The van der Waals surface area contributed by atoms with Gasteiger partial charge < -0.3 is 21.1 Å². The van der Waals surface area contributed by atoms with E-state index in [2.05, 4.69) is 10.6 Å². The smallest absolute Gasteiger partial charge is 0.238 e. The number of piperidine rings is 1. The number of hydrogen-bond donors (Lipinski definition) is 3. The first kappa shape index (κ1) is 25.6. The van der Waals surface area contributed by atoms with E-state index in [9.17, 15) is 9.59 Å². The third-order valence-corrected chi connectivity index (χ3v) is 8.10. The Morgan fingerprint density at radius 1 is 0.846 bits per heavy atom. The molecular weight excluding hydrogens is 557 g/mol. The SMILES string of the molecule is Nc1ccc(Oc2ccc(Cl)cc2[C@H]2NC(=O)C[C@@H](c3cccc(Cl)c3)C23C(=O)Nc2cc(Cl)ccc23)cc1. The Balaban J connectivity index is 1.60. The van der Waals surface area contributed by atoms with Gasteiger partial charge in [0.2, 0.25) is 11.8 Å². The Morgan fingerprint density at radius 2 is 1.56 bits per heavy atom. The molecule has 6 nitrogen and oxygen atoms in total. The molecule has 1 saturated heterocycles. The lowest BCUT2D eigenvalue weighted by Crippen LogP contribution is -2.56. The number of fused-ring (bicyclic) bond motifs is 2. The highest BCUT2D eigenvalue weighted by molar-refractivity contribution is 6.31. The van der Waals surface area contributed by atoms with Gasteiger partial charge in [-0.3, -0.25) is 9.59 Å². The molecule has 4 N–H and O–H groups in total. The number of carbonyl (C=O) groups is 2. The van der Waals surface area contributed by atoms with E-state index >= 15 is 0 Å². The van der Waals surface area contributed by atoms with Gasteiger partial charge in [-0.2, -0.15) is 0 Å². The zero-order chi connectivity index (χ0) is 27.3. The summed E-state index contributed by atoms with van der Waals surface area (Å²) in [6, 6.07) is 23.8. The number of nitrogens with two attached hydrogens (primary N) is 1. The fourth-order valence-corrected chi connectivity index (χ4v) is 6.32. The molecule has 0 radical (unpaired) electrons. The third-order valence-electron chi connectivity index (χ3n) is 7.39. The number of rotatable bonds is 4. The summed E-state index contributed by atoms with van der Waals surface area (Å²) in [4.78, 5) is 27.6. The van der Waals surface area contributed by atoms with E-state index in [1.165, 1.54) is 0 Å². The molecule has 0 aliphatic carbocycles. The molecule has 39 heavy (non-hydrogen) atoms. The van der Waals surface area contributed by atoms with Crippen molar-refractivity contribution in [3.63, 3.8) is 0 Å². The molecule has 0 saturated carbocycles. The number of hydrogen-bond acceptors (Lipinski definition) is 4. The van der Waals surface area contributed by atoms with Crippen LogP contribution in [0.3, 0.4) is 0 Å². The van der Waals surface area contributed by atoms with Crippen LogP contribution in [0.1, 0.15) is 35.1 Å². The lowest BCUT2D eigenvalue weighted by Gasteiger charge is -2.46. The van der Waals surface area contributed by atoms with Crippen molar-refractivity contribution < 1.29 is 14.3 Å². The fraction of sp³-hybridized carbons (Fsp3) is 0.133. The van der Waals surface area contributed by atoms with Crippen LogP contribution in [0.25, 0.3) is 0 Å². The zero-order valence-corrected chi connectivity index (χ0v) is 22.6. The van der Waals surface area contributed by atoms with E-state index < -0.39 is 17.4 Å². The Labute approximate surface area is 240 Å². The summed E-state index contributed by atoms with van der Waals surface area (Å²) < 4.78 is 6.27. The van der Waals surface area contributed by atoms with E-state index in [-0.39, 0.29) is 18.2 Å². The molecule has 196 valence electrons. The minimum atomic E-state index is -1.26. The number of ether oxygens (including phenoxy) is 1. The molecule has 9 heteroatoms. The van der Waals surface area contributed by atoms with E-state index in [4.69, 9.17) is 45.3 Å². The van der Waals surface area contributed by atoms with Crippen LogP contribution in [-0.2, 0) is 15.0 Å². The summed E-state index contributed by atoms with van der Waals surface area (Å²) in [5.74, 6) is -0.0627. The molecule has 4 aromatic carbocycles. The number of halogens is 3. The lowest BCUT2D eigenvalue weighted by molar-refractivity contribution is -0.131. The number of carbonyl (C=O) groups excluding carboxylic acids is 2.